The molecule has 0 aromatic heterocycles. The molecule has 0 saturated carbocycles. The van der Waals surface area contributed by atoms with Crippen LogP contribution in [-0.2, 0) is 21.2 Å². The summed E-state index contributed by atoms with van der Waals surface area (Å²) in [7, 11) is -1.03. The first kappa shape index (κ1) is 22.2. The molecule has 0 radical (unpaired) electrons. The molecule has 2 rings (SSSR count). The van der Waals surface area contributed by atoms with E-state index in [1.165, 1.54) is 37.9 Å². The number of rotatable bonds is 9. The van der Waals surface area contributed by atoms with Gasteiger partial charge in [-0.1, -0.05) is 41.9 Å². The first-order chi connectivity index (χ1) is 13.2. The molecule has 28 heavy (non-hydrogen) atoms. The first-order valence-electron chi connectivity index (χ1n) is 8.87. The van der Waals surface area contributed by atoms with Gasteiger partial charge in [0.1, 0.15) is 5.75 Å². The minimum Gasteiger partial charge on any atom is -0.495 e. The van der Waals surface area contributed by atoms with Crippen LogP contribution in [0.25, 0.3) is 0 Å². The zero-order valence-electron chi connectivity index (χ0n) is 16.2. The average Bonchev–Trinajstić information content (AvgIpc) is 2.66. The van der Waals surface area contributed by atoms with Gasteiger partial charge in [-0.3, -0.25) is 4.79 Å². The highest BCUT2D eigenvalue weighted by atomic mass is 35.5. The number of methoxy groups -OCH3 is 1. The van der Waals surface area contributed by atoms with Crippen molar-refractivity contribution < 1.29 is 17.9 Å². The third-order valence-electron chi connectivity index (χ3n) is 4.31. The lowest BCUT2D eigenvalue weighted by Crippen LogP contribution is -2.41. The second kappa shape index (κ2) is 9.91. The Hall–Kier alpha value is -2.09. The summed E-state index contributed by atoms with van der Waals surface area (Å²) in [5.41, 5.74) is 1.19. The summed E-state index contributed by atoms with van der Waals surface area (Å²) in [6.45, 7) is 1.63. The number of nitrogens with one attached hydrogen (secondary N) is 1. The number of halogens is 1. The molecule has 0 bridgehead atoms. The summed E-state index contributed by atoms with van der Waals surface area (Å²) in [6, 6.07) is 14.1. The molecule has 1 atom stereocenters. The van der Waals surface area contributed by atoms with Gasteiger partial charge in [0.25, 0.3) is 0 Å². The number of carbonyl (C=O) groups excluding carboxylic acids is 1. The highest BCUT2D eigenvalue weighted by Gasteiger charge is 2.24. The molecule has 2 aromatic rings. The van der Waals surface area contributed by atoms with Crippen LogP contribution in [0.4, 0.5) is 0 Å². The van der Waals surface area contributed by atoms with Gasteiger partial charge in [-0.15, -0.1) is 0 Å². The van der Waals surface area contributed by atoms with Crippen molar-refractivity contribution in [2.45, 2.75) is 30.7 Å². The predicted octanol–water partition coefficient (Wildman–Crippen LogP) is 3.11. The maximum atomic E-state index is 12.7. The zero-order chi connectivity index (χ0) is 20.7. The van der Waals surface area contributed by atoms with Crippen molar-refractivity contribution >= 4 is 27.5 Å². The van der Waals surface area contributed by atoms with Crippen LogP contribution in [0.15, 0.2) is 53.4 Å². The first-order valence-corrected chi connectivity index (χ1v) is 10.7. The van der Waals surface area contributed by atoms with Gasteiger partial charge in [-0.25, -0.2) is 8.42 Å². The Bertz CT molecular complexity index is 904. The van der Waals surface area contributed by atoms with Crippen LogP contribution in [0.2, 0.25) is 5.02 Å². The van der Waals surface area contributed by atoms with Crippen molar-refractivity contribution in [1.82, 2.24) is 9.62 Å². The Balaban J connectivity index is 1.92. The second-order valence-electron chi connectivity index (χ2n) is 6.55. The van der Waals surface area contributed by atoms with Gasteiger partial charge >= 0.3 is 0 Å². The Morgan fingerprint density at radius 2 is 1.89 bits per heavy atom. The number of carbonyl (C=O) groups is 1. The van der Waals surface area contributed by atoms with Crippen LogP contribution in [-0.4, -0.2) is 45.4 Å². The molecule has 0 spiro atoms. The van der Waals surface area contributed by atoms with Gasteiger partial charge in [0, 0.05) is 13.1 Å². The minimum atomic E-state index is -3.84. The van der Waals surface area contributed by atoms with Gasteiger partial charge in [0.2, 0.25) is 15.9 Å². The van der Waals surface area contributed by atoms with Gasteiger partial charge in [0.15, 0.2) is 0 Å². The van der Waals surface area contributed by atoms with Crippen LogP contribution in [0.1, 0.15) is 18.9 Å². The molecule has 8 heteroatoms. The van der Waals surface area contributed by atoms with E-state index in [-0.39, 0.29) is 28.4 Å². The molecule has 0 unspecified atom stereocenters. The fraction of sp³-hybridized carbons (Fsp3) is 0.350. The van der Waals surface area contributed by atoms with Crippen molar-refractivity contribution in [2.24, 2.45) is 0 Å². The van der Waals surface area contributed by atoms with E-state index in [1.807, 2.05) is 37.3 Å². The number of benzene rings is 2. The topological polar surface area (TPSA) is 75.7 Å². The third-order valence-corrected chi connectivity index (χ3v) is 6.41. The number of amides is 1. The lowest BCUT2D eigenvalue weighted by molar-refractivity contribution is -0.121. The molecule has 0 fully saturated rings. The minimum absolute atomic E-state index is 0.00530. The molecule has 0 aliphatic heterocycles. The standard InChI is InChI=1S/C20H25ClN2O4S/c1-15(9-10-16-7-5-4-6-8-16)22-20(24)14-23(2)28(25,26)17-11-12-19(27-3)18(21)13-17/h4-8,11-13,15H,9-10,14H2,1-3H3,(H,22,24)/t15-/m1/s1. The summed E-state index contributed by atoms with van der Waals surface area (Å²) < 4.78 is 31.4. The van der Waals surface area contributed by atoms with Crippen molar-refractivity contribution in [1.29, 1.82) is 0 Å². The van der Waals surface area contributed by atoms with Crippen LogP contribution in [0.3, 0.4) is 0 Å². The SMILES string of the molecule is COc1ccc(S(=O)(=O)N(C)CC(=O)N[C@H](C)CCc2ccccc2)cc1Cl. The third kappa shape index (κ3) is 5.95. The van der Waals surface area contributed by atoms with Crippen molar-refractivity contribution in [2.75, 3.05) is 20.7 Å². The molecular weight excluding hydrogens is 400 g/mol. The van der Waals surface area contributed by atoms with Crippen LogP contribution < -0.4 is 10.1 Å². The number of ether oxygens (including phenoxy) is 1. The molecule has 0 saturated heterocycles. The monoisotopic (exact) mass is 424 g/mol. The highest BCUT2D eigenvalue weighted by Crippen LogP contribution is 2.28. The molecule has 152 valence electrons. The molecule has 0 heterocycles. The fourth-order valence-electron chi connectivity index (χ4n) is 2.70. The molecule has 1 N–H and O–H groups in total. The number of hydrogen-bond acceptors (Lipinski definition) is 4. The molecule has 2 aromatic carbocycles. The Morgan fingerprint density at radius 1 is 1.21 bits per heavy atom. The average molecular weight is 425 g/mol. The number of sulfonamides is 1. The van der Waals surface area contributed by atoms with Crippen molar-refractivity contribution in [3.63, 3.8) is 0 Å². The van der Waals surface area contributed by atoms with E-state index in [1.54, 1.807) is 0 Å². The molecule has 0 aliphatic carbocycles. The maximum absolute atomic E-state index is 12.7. The summed E-state index contributed by atoms with van der Waals surface area (Å²) in [5, 5.41) is 3.03. The fourth-order valence-corrected chi connectivity index (χ4v) is 4.17. The summed E-state index contributed by atoms with van der Waals surface area (Å²) >= 11 is 6.01. The molecule has 6 nitrogen and oxygen atoms in total. The van der Waals surface area contributed by atoms with E-state index < -0.39 is 10.0 Å². The second-order valence-corrected chi connectivity index (χ2v) is 9.00. The van der Waals surface area contributed by atoms with Gasteiger partial charge in [0.05, 0.1) is 23.6 Å². The summed E-state index contributed by atoms with van der Waals surface area (Å²) in [5.74, 6) is 0.0273. The lowest BCUT2D eigenvalue weighted by Gasteiger charge is -2.19. The molecular formula is C20H25ClN2O4S. The predicted molar refractivity (Wildman–Crippen MR) is 110 cm³/mol. The van der Waals surface area contributed by atoms with Crippen LogP contribution in [0.5, 0.6) is 5.75 Å². The van der Waals surface area contributed by atoms with E-state index >= 15 is 0 Å². The maximum Gasteiger partial charge on any atom is 0.243 e. The molecule has 0 aliphatic rings. The highest BCUT2D eigenvalue weighted by molar-refractivity contribution is 7.89. The summed E-state index contributed by atoms with van der Waals surface area (Å²) in [6.07, 6.45) is 1.60. The number of hydrogen-bond donors (Lipinski definition) is 1. The lowest BCUT2D eigenvalue weighted by atomic mass is 10.1. The summed E-state index contributed by atoms with van der Waals surface area (Å²) in [4.78, 5) is 12.3. The van der Waals surface area contributed by atoms with E-state index in [4.69, 9.17) is 16.3 Å². The zero-order valence-corrected chi connectivity index (χ0v) is 17.8. The quantitative estimate of drug-likeness (QED) is 0.671. The van der Waals surface area contributed by atoms with Gasteiger partial charge in [-0.2, -0.15) is 4.31 Å². The Morgan fingerprint density at radius 3 is 2.50 bits per heavy atom. The largest absolute Gasteiger partial charge is 0.495 e. The normalized spacial score (nSPS) is 12.6. The van der Waals surface area contributed by atoms with Crippen LogP contribution >= 0.6 is 11.6 Å². The van der Waals surface area contributed by atoms with E-state index in [9.17, 15) is 13.2 Å². The van der Waals surface area contributed by atoms with E-state index in [2.05, 4.69) is 5.32 Å². The van der Waals surface area contributed by atoms with Gasteiger partial charge < -0.3 is 10.1 Å². The van der Waals surface area contributed by atoms with Gasteiger partial charge in [-0.05, 0) is 43.5 Å². The van der Waals surface area contributed by atoms with E-state index in [0.717, 1.165) is 17.1 Å². The number of likely N-dealkylation sites (N-methyl/N-ethyl adjacent to an activating group) is 1. The van der Waals surface area contributed by atoms with Crippen molar-refractivity contribution in [3.05, 3.63) is 59.1 Å². The van der Waals surface area contributed by atoms with E-state index in [0.29, 0.717) is 5.75 Å². The number of aryl methyl sites for hydroxylation is 1. The smallest absolute Gasteiger partial charge is 0.243 e. The van der Waals surface area contributed by atoms with Crippen molar-refractivity contribution in [3.8, 4) is 5.75 Å². The molecule has 1 amide bonds. The Kier molecular flexibility index (Phi) is 7.86. The Labute approximate surface area is 171 Å². The van der Waals surface area contributed by atoms with Crippen LogP contribution in [0, 0.1) is 0 Å². The number of nitrogens with zero attached hydrogens (tertiary/aromatic N) is 1.